The SMILES string of the molecule is CC1(C)c2cc(N(c3ccc(C4CCCCC4)cc3)c3ccc(C4CC5CCC4C5)cc3)ccc2-c2c(-c3cccc4c3C(C)(C)c3ccccc3-4)cccc21. The van der Waals surface area contributed by atoms with Crippen molar-refractivity contribution in [3.63, 3.8) is 0 Å². The third-order valence-electron chi connectivity index (χ3n) is 15.4. The Morgan fingerprint density at radius 3 is 1.80 bits per heavy atom. The van der Waals surface area contributed by atoms with Crippen LogP contribution >= 0.6 is 0 Å². The molecule has 0 saturated heterocycles. The fraction of sp³-hybridized carbons (Fsp3) is 0.345. The molecule has 11 rings (SSSR count). The molecule has 0 heterocycles. The van der Waals surface area contributed by atoms with Crippen molar-refractivity contribution in [2.75, 3.05) is 4.90 Å². The van der Waals surface area contributed by atoms with Crippen LogP contribution in [0.2, 0.25) is 0 Å². The lowest BCUT2D eigenvalue weighted by Crippen LogP contribution is -2.17. The lowest BCUT2D eigenvalue weighted by molar-refractivity contribution is 0.420. The largest absolute Gasteiger partial charge is 0.310 e. The first kappa shape index (κ1) is 34.4. The smallest absolute Gasteiger partial charge is 0.0465 e. The molecule has 0 amide bonds. The van der Waals surface area contributed by atoms with Crippen molar-refractivity contribution < 1.29 is 0 Å². The van der Waals surface area contributed by atoms with E-state index in [1.807, 2.05) is 0 Å². The zero-order valence-corrected chi connectivity index (χ0v) is 33.7. The van der Waals surface area contributed by atoms with Crippen molar-refractivity contribution in [1.29, 1.82) is 0 Å². The summed E-state index contributed by atoms with van der Waals surface area (Å²) in [4.78, 5) is 2.53. The summed E-state index contributed by atoms with van der Waals surface area (Å²) in [7, 11) is 0. The van der Waals surface area contributed by atoms with Gasteiger partial charge in [0.05, 0.1) is 0 Å². The summed E-state index contributed by atoms with van der Waals surface area (Å²) in [6, 6.07) is 49.8. The Labute approximate surface area is 334 Å². The van der Waals surface area contributed by atoms with Gasteiger partial charge < -0.3 is 4.90 Å². The van der Waals surface area contributed by atoms with Crippen LogP contribution < -0.4 is 4.90 Å². The molecule has 6 aromatic rings. The second-order valence-electron chi connectivity index (χ2n) is 19.1. The molecule has 5 aliphatic carbocycles. The van der Waals surface area contributed by atoms with Crippen molar-refractivity contribution in [2.24, 2.45) is 11.8 Å². The van der Waals surface area contributed by atoms with Crippen LogP contribution in [0.4, 0.5) is 17.1 Å². The monoisotopic (exact) mass is 729 g/mol. The summed E-state index contributed by atoms with van der Waals surface area (Å²) >= 11 is 0. The number of rotatable bonds is 6. The molecule has 280 valence electrons. The highest BCUT2D eigenvalue weighted by Crippen LogP contribution is 2.58. The highest BCUT2D eigenvalue weighted by molar-refractivity contribution is 5.97. The number of anilines is 3. The second-order valence-corrected chi connectivity index (χ2v) is 19.1. The average molecular weight is 730 g/mol. The molecular weight excluding hydrogens is 675 g/mol. The molecule has 0 spiro atoms. The number of hydrogen-bond acceptors (Lipinski definition) is 1. The molecule has 0 radical (unpaired) electrons. The predicted octanol–water partition coefficient (Wildman–Crippen LogP) is 15.4. The van der Waals surface area contributed by atoms with Crippen LogP contribution in [0.1, 0.15) is 131 Å². The second kappa shape index (κ2) is 12.8. The van der Waals surface area contributed by atoms with E-state index in [1.54, 1.807) is 5.56 Å². The summed E-state index contributed by atoms with van der Waals surface area (Å²) in [5.74, 6) is 3.28. The van der Waals surface area contributed by atoms with Crippen molar-refractivity contribution in [3.8, 4) is 33.4 Å². The van der Waals surface area contributed by atoms with Gasteiger partial charge in [-0.05, 0) is 159 Å². The van der Waals surface area contributed by atoms with Gasteiger partial charge in [0.25, 0.3) is 0 Å². The molecule has 1 heteroatoms. The standard InChI is InChI=1S/C55H55N/c1-54(2)50-19-11-15-44(46-17-10-16-45-43-14-8-9-18-49(43)55(3,4)53(45)46)52(50)47-31-30-42(34-51(47)54)56(40-26-22-37(23-27-40)36-12-6-5-7-13-36)41-28-24-38(25-29-41)48-33-35-20-21-39(48)32-35/h8-11,14-19,22-31,34-36,39,48H,5-7,12-13,20-21,32-33H2,1-4H3. The Bertz CT molecular complexity index is 2470. The van der Waals surface area contributed by atoms with Gasteiger partial charge >= 0.3 is 0 Å². The van der Waals surface area contributed by atoms with Gasteiger partial charge in [0.1, 0.15) is 0 Å². The molecule has 0 aromatic heterocycles. The lowest BCUT2D eigenvalue weighted by atomic mass is 9.77. The molecule has 5 aliphatic rings. The molecule has 0 N–H and O–H groups in total. The molecule has 6 aromatic carbocycles. The molecule has 3 unspecified atom stereocenters. The minimum absolute atomic E-state index is 0.0774. The summed E-state index contributed by atoms with van der Waals surface area (Å²) in [6.07, 6.45) is 12.5. The summed E-state index contributed by atoms with van der Waals surface area (Å²) in [6.45, 7) is 9.70. The molecule has 3 atom stereocenters. The van der Waals surface area contributed by atoms with Crippen LogP contribution in [0.15, 0.2) is 127 Å². The fourth-order valence-corrected chi connectivity index (χ4v) is 12.5. The average Bonchev–Trinajstić information content (AvgIpc) is 3.99. The number of benzene rings is 6. The Hall–Kier alpha value is -4.88. The minimum atomic E-state index is -0.144. The quantitative estimate of drug-likeness (QED) is 0.165. The van der Waals surface area contributed by atoms with Gasteiger partial charge in [-0.25, -0.2) is 0 Å². The van der Waals surface area contributed by atoms with Crippen molar-refractivity contribution in [3.05, 3.63) is 161 Å². The van der Waals surface area contributed by atoms with E-state index in [9.17, 15) is 0 Å². The van der Waals surface area contributed by atoms with Gasteiger partial charge in [0.15, 0.2) is 0 Å². The number of fused-ring (bicyclic) bond motifs is 8. The highest BCUT2D eigenvalue weighted by atomic mass is 15.1. The van der Waals surface area contributed by atoms with Crippen molar-refractivity contribution >= 4 is 17.1 Å². The molecule has 2 bridgehead atoms. The van der Waals surface area contributed by atoms with Crippen LogP contribution in [-0.4, -0.2) is 0 Å². The van der Waals surface area contributed by atoms with Gasteiger partial charge in [-0.2, -0.15) is 0 Å². The van der Waals surface area contributed by atoms with Crippen LogP contribution in [-0.2, 0) is 10.8 Å². The van der Waals surface area contributed by atoms with E-state index in [0.29, 0.717) is 5.92 Å². The predicted molar refractivity (Wildman–Crippen MR) is 236 cm³/mol. The van der Waals surface area contributed by atoms with E-state index in [-0.39, 0.29) is 10.8 Å². The van der Waals surface area contributed by atoms with Crippen LogP contribution in [0.25, 0.3) is 33.4 Å². The third kappa shape index (κ3) is 5.18. The van der Waals surface area contributed by atoms with Gasteiger partial charge in [0, 0.05) is 27.9 Å². The summed E-state index contributed by atoms with van der Waals surface area (Å²) in [5, 5.41) is 0. The first-order valence-corrected chi connectivity index (χ1v) is 21.8. The maximum atomic E-state index is 2.53. The molecule has 1 nitrogen and oxygen atoms in total. The van der Waals surface area contributed by atoms with Gasteiger partial charge in [-0.1, -0.05) is 144 Å². The molecule has 3 fully saturated rings. The van der Waals surface area contributed by atoms with Crippen LogP contribution in [0, 0.1) is 11.8 Å². The minimum Gasteiger partial charge on any atom is -0.310 e. The Morgan fingerprint density at radius 1 is 0.464 bits per heavy atom. The summed E-state index contributed by atoms with van der Waals surface area (Å²) < 4.78 is 0. The zero-order chi connectivity index (χ0) is 37.8. The maximum absolute atomic E-state index is 2.53. The summed E-state index contributed by atoms with van der Waals surface area (Å²) in [5.41, 5.74) is 20.5. The topological polar surface area (TPSA) is 3.24 Å². The van der Waals surface area contributed by atoms with Crippen LogP contribution in [0.3, 0.4) is 0 Å². The first-order chi connectivity index (χ1) is 27.3. The Morgan fingerprint density at radius 2 is 1.09 bits per heavy atom. The van der Waals surface area contributed by atoms with Crippen LogP contribution in [0.5, 0.6) is 0 Å². The van der Waals surface area contributed by atoms with E-state index >= 15 is 0 Å². The van der Waals surface area contributed by atoms with Gasteiger partial charge in [-0.15, -0.1) is 0 Å². The Kier molecular flexibility index (Phi) is 7.87. The molecule has 3 saturated carbocycles. The van der Waals surface area contributed by atoms with E-state index in [2.05, 4.69) is 160 Å². The maximum Gasteiger partial charge on any atom is 0.0465 e. The van der Waals surface area contributed by atoms with Gasteiger partial charge in [0.2, 0.25) is 0 Å². The lowest BCUT2D eigenvalue weighted by Gasteiger charge is -2.29. The van der Waals surface area contributed by atoms with E-state index in [1.165, 1.54) is 136 Å². The fourth-order valence-electron chi connectivity index (χ4n) is 12.5. The highest BCUT2D eigenvalue weighted by Gasteiger charge is 2.42. The Balaban J connectivity index is 1.02. The zero-order valence-electron chi connectivity index (χ0n) is 33.7. The van der Waals surface area contributed by atoms with E-state index in [0.717, 1.165) is 17.8 Å². The molecular formula is C55H55N. The van der Waals surface area contributed by atoms with Crippen molar-refractivity contribution in [2.45, 2.75) is 108 Å². The first-order valence-electron chi connectivity index (χ1n) is 21.8. The number of nitrogens with zero attached hydrogens (tertiary/aromatic N) is 1. The molecule has 0 aliphatic heterocycles. The molecule has 56 heavy (non-hydrogen) atoms. The normalized spacial score (nSPS) is 22.4. The van der Waals surface area contributed by atoms with E-state index in [4.69, 9.17) is 0 Å². The van der Waals surface area contributed by atoms with Gasteiger partial charge in [-0.3, -0.25) is 0 Å². The van der Waals surface area contributed by atoms with E-state index < -0.39 is 0 Å². The third-order valence-corrected chi connectivity index (χ3v) is 15.4. The van der Waals surface area contributed by atoms with Crippen molar-refractivity contribution in [1.82, 2.24) is 0 Å². The number of hydrogen-bond donors (Lipinski definition) is 0.